The molecule has 23 heavy (non-hydrogen) atoms. The summed E-state index contributed by atoms with van der Waals surface area (Å²) in [6.45, 7) is 3.61. The summed E-state index contributed by atoms with van der Waals surface area (Å²) in [5, 5.41) is 2.82. The number of hydrogen-bond donors (Lipinski definition) is 1. The Bertz CT molecular complexity index is 657. The van der Waals surface area contributed by atoms with E-state index < -0.39 is 6.10 Å². The summed E-state index contributed by atoms with van der Waals surface area (Å²) in [6, 6.07) is 18.8. The first-order valence-electron chi connectivity index (χ1n) is 7.36. The molecule has 0 fully saturated rings. The van der Waals surface area contributed by atoms with Crippen molar-refractivity contribution in [3.8, 4) is 0 Å². The maximum Gasteiger partial charge on any atom is 0.265 e. The Morgan fingerprint density at radius 3 is 2.17 bits per heavy atom. The SMILES string of the molecule is C[C@H](Br)C(=Nc1ccccc1)O[C@@H](C)C(=O)Nc1ccccc1. The molecule has 0 aromatic heterocycles. The zero-order chi connectivity index (χ0) is 16.7. The lowest BCUT2D eigenvalue weighted by Crippen LogP contribution is -2.32. The van der Waals surface area contributed by atoms with Gasteiger partial charge in [0.05, 0.1) is 10.5 Å². The molecule has 1 amide bonds. The Hall–Kier alpha value is -2.14. The molecule has 0 heterocycles. The van der Waals surface area contributed by atoms with Gasteiger partial charge in [-0.1, -0.05) is 52.3 Å². The van der Waals surface area contributed by atoms with Crippen molar-refractivity contribution >= 4 is 39.1 Å². The summed E-state index contributed by atoms with van der Waals surface area (Å²) in [4.78, 5) is 16.6. The number of carbonyl (C=O) groups is 1. The minimum Gasteiger partial charge on any atom is -0.467 e. The summed E-state index contributed by atoms with van der Waals surface area (Å²) in [7, 11) is 0. The van der Waals surface area contributed by atoms with Gasteiger partial charge in [0.15, 0.2) is 6.10 Å². The summed E-state index contributed by atoms with van der Waals surface area (Å²) < 4.78 is 5.74. The molecule has 0 aliphatic carbocycles. The van der Waals surface area contributed by atoms with Crippen molar-refractivity contribution in [2.75, 3.05) is 5.32 Å². The fourth-order valence-electron chi connectivity index (χ4n) is 1.84. The average molecular weight is 375 g/mol. The molecular formula is C18H19BrN2O2. The van der Waals surface area contributed by atoms with Crippen LogP contribution < -0.4 is 5.32 Å². The van der Waals surface area contributed by atoms with E-state index >= 15 is 0 Å². The molecule has 2 rings (SSSR count). The number of nitrogens with one attached hydrogen (secondary N) is 1. The van der Waals surface area contributed by atoms with E-state index in [1.807, 2.05) is 67.6 Å². The molecule has 4 nitrogen and oxygen atoms in total. The largest absolute Gasteiger partial charge is 0.467 e. The number of para-hydroxylation sites is 2. The fraction of sp³-hybridized carbons (Fsp3) is 0.222. The van der Waals surface area contributed by atoms with Crippen LogP contribution in [0.25, 0.3) is 0 Å². The lowest BCUT2D eigenvalue weighted by Gasteiger charge is -2.17. The number of rotatable bonds is 5. The zero-order valence-corrected chi connectivity index (χ0v) is 14.7. The third-order valence-electron chi connectivity index (χ3n) is 3.04. The van der Waals surface area contributed by atoms with Gasteiger partial charge in [-0.25, -0.2) is 4.99 Å². The van der Waals surface area contributed by atoms with E-state index in [-0.39, 0.29) is 10.7 Å². The van der Waals surface area contributed by atoms with Crippen LogP contribution in [0.4, 0.5) is 11.4 Å². The zero-order valence-electron chi connectivity index (χ0n) is 13.1. The highest BCUT2D eigenvalue weighted by Gasteiger charge is 2.19. The van der Waals surface area contributed by atoms with Gasteiger partial charge >= 0.3 is 0 Å². The van der Waals surface area contributed by atoms with E-state index in [0.29, 0.717) is 5.90 Å². The highest BCUT2D eigenvalue weighted by Crippen LogP contribution is 2.16. The lowest BCUT2D eigenvalue weighted by molar-refractivity contribution is -0.122. The van der Waals surface area contributed by atoms with E-state index in [4.69, 9.17) is 4.74 Å². The molecule has 0 aliphatic rings. The fourth-order valence-corrected chi connectivity index (χ4v) is 2.05. The predicted molar refractivity (Wildman–Crippen MR) is 97.5 cm³/mol. The second kappa shape index (κ2) is 8.48. The van der Waals surface area contributed by atoms with Crippen LogP contribution in [-0.4, -0.2) is 22.7 Å². The number of anilines is 1. The van der Waals surface area contributed by atoms with Crippen LogP contribution in [0, 0.1) is 0 Å². The molecule has 2 aromatic carbocycles. The van der Waals surface area contributed by atoms with E-state index in [0.717, 1.165) is 11.4 Å². The Balaban J connectivity index is 2.04. The lowest BCUT2D eigenvalue weighted by atomic mass is 10.3. The van der Waals surface area contributed by atoms with E-state index in [1.165, 1.54) is 0 Å². The molecule has 0 saturated carbocycles. The molecule has 0 aliphatic heterocycles. The molecule has 0 bridgehead atoms. The number of carbonyl (C=O) groups excluding carboxylic acids is 1. The van der Waals surface area contributed by atoms with Gasteiger partial charge < -0.3 is 10.1 Å². The van der Waals surface area contributed by atoms with Crippen molar-refractivity contribution < 1.29 is 9.53 Å². The first kappa shape index (κ1) is 17.2. The Morgan fingerprint density at radius 1 is 1.04 bits per heavy atom. The normalized spacial score (nSPS) is 14.0. The van der Waals surface area contributed by atoms with Gasteiger partial charge in [0.25, 0.3) is 5.91 Å². The second-order valence-electron chi connectivity index (χ2n) is 5.02. The molecule has 0 saturated heterocycles. The summed E-state index contributed by atoms with van der Waals surface area (Å²) in [5.74, 6) is 0.247. The molecule has 120 valence electrons. The number of amides is 1. The van der Waals surface area contributed by atoms with Gasteiger partial charge in [-0.2, -0.15) is 0 Å². The summed E-state index contributed by atoms with van der Waals surface area (Å²) >= 11 is 3.46. The predicted octanol–water partition coefficient (Wildman–Crippen LogP) is 4.54. The van der Waals surface area contributed by atoms with Crippen LogP contribution in [0.5, 0.6) is 0 Å². The second-order valence-corrected chi connectivity index (χ2v) is 6.39. The van der Waals surface area contributed by atoms with E-state index in [2.05, 4.69) is 26.2 Å². The van der Waals surface area contributed by atoms with Crippen LogP contribution in [0.3, 0.4) is 0 Å². The summed E-state index contributed by atoms with van der Waals surface area (Å²) in [6.07, 6.45) is -0.655. The Labute approximate surface area is 144 Å². The van der Waals surface area contributed by atoms with Gasteiger partial charge in [-0.3, -0.25) is 4.79 Å². The number of hydrogen-bond acceptors (Lipinski definition) is 3. The van der Waals surface area contributed by atoms with Gasteiger partial charge in [0, 0.05) is 5.69 Å². The first-order chi connectivity index (χ1) is 11.1. The van der Waals surface area contributed by atoms with Crippen LogP contribution in [0.1, 0.15) is 13.8 Å². The van der Waals surface area contributed by atoms with Crippen molar-refractivity contribution in [1.29, 1.82) is 0 Å². The van der Waals surface area contributed by atoms with Gasteiger partial charge in [0.1, 0.15) is 0 Å². The molecule has 2 aromatic rings. The Morgan fingerprint density at radius 2 is 1.61 bits per heavy atom. The van der Waals surface area contributed by atoms with Crippen molar-refractivity contribution in [3.63, 3.8) is 0 Å². The quantitative estimate of drug-likeness (QED) is 0.474. The van der Waals surface area contributed by atoms with Gasteiger partial charge in [-0.15, -0.1) is 0 Å². The molecule has 5 heteroatoms. The average Bonchev–Trinajstić information content (AvgIpc) is 2.56. The van der Waals surface area contributed by atoms with E-state index in [1.54, 1.807) is 6.92 Å². The molecule has 2 atom stereocenters. The number of nitrogens with zero attached hydrogens (tertiary/aromatic N) is 1. The summed E-state index contributed by atoms with van der Waals surface area (Å²) in [5.41, 5.74) is 1.52. The monoisotopic (exact) mass is 374 g/mol. The third-order valence-corrected chi connectivity index (χ3v) is 3.44. The molecule has 1 N–H and O–H groups in total. The maximum absolute atomic E-state index is 12.2. The van der Waals surface area contributed by atoms with Gasteiger partial charge in [0.2, 0.25) is 5.90 Å². The Kier molecular flexibility index (Phi) is 6.35. The smallest absolute Gasteiger partial charge is 0.265 e. The minimum absolute atomic E-state index is 0.102. The number of benzene rings is 2. The first-order valence-corrected chi connectivity index (χ1v) is 8.28. The standard InChI is InChI=1S/C18H19BrN2O2/c1-13(19)18(21-16-11-7-4-8-12-16)23-14(2)17(22)20-15-9-5-3-6-10-15/h3-14H,1-2H3,(H,20,22)/t13-,14-/m0/s1. The third kappa shape index (κ3) is 5.53. The van der Waals surface area contributed by atoms with Crippen LogP contribution in [0.15, 0.2) is 65.7 Å². The van der Waals surface area contributed by atoms with Crippen molar-refractivity contribution in [1.82, 2.24) is 0 Å². The highest BCUT2D eigenvalue weighted by molar-refractivity contribution is 9.10. The van der Waals surface area contributed by atoms with Gasteiger partial charge in [-0.05, 0) is 38.1 Å². The van der Waals surface area contributed by atoms with Crippen LogP contribution in [0.2, 0.25) is 0 Å². The number of halogens is 1. The van der Waals surface area contributed by atoms with Crippen LogP contribution >= 0.6 is 15.9 Å². The number of aliphatic imine (C=N–C) groups is 1. The number of ether oxygens (including phenoxy) is 1. The van der Waals surface area contributed by atoms with Crippen LogP contribution in [-0.2, 0) is 9.53 Å². The van der Waals surface area contributed by atoms with Crippen molar-refractivity contribution in [2.45, 2.75) is 24.8 Å². The molecule has 0 radical (unpaired) electrons. The highest BCUT2D eigenvalue weighted by atomic mass is 79.9. The van der Waals surface area contributed by atoms with E-state index in [9.17, 15) is 4.79 Å². The maximum atomic E-state index is 12.2. The van der Waals surface area contributed by atoms with Crippen molar-refractivity contribution in [2.24, 2.45) is 4.99 Å². The van der Waals surface area contributed by atoms with Crippen molar-refractivity contribution in [3.05, 3.63) is 60.7 Å². The number of alkyl halides is 1. The molecule has 0 spiro atoms. The topological polar surface area (TPSA) is 50.7 Å². The minimum atomic E-state index is -0.655. The molecular weight excluding hydrogens is 356 g/mol. The molecule has 0 unspecified atom stereocenters.